The summed E-state index contributed by atoms with van der Waals surface area (Å²) in [7, 11) is 2.18. The Morgan fingerprint density at radius 1 is 1.21 bits per heavy atom. The van der Waals surface area contributed by atoms with Crippen LogP contribution >= 0.6 is 0 Å². The van der Waals surface area contributed by atoms with Crippen LogP contribution in [0, 0.1) is 6.92 Å². The normalized spacial score (nSPS) is 28.8. The first-order chi connectivity index (χ1) is 9.16. The van der Waals surface area contributed by atoms with E-state index in [1.54, 1.807) is 0 Å². The second-order valence-corrected chi connectivity index (χ2v) is 5.75. The minimum absolute atomic E-state index is 0.0667. The predicted octanol–water partition coefficient (Wildman–Crippen LogP) is 1.00. The summed E-state index contributed by atoms with van der Waals surface area (Å²) in [5.74, 6) is 1.02. The Bertz CT molecular complexity index is 455. The molecule has 0 aromatic heterocycles. The summed E-state index contributed by atoms with van der Waals surface area (Å²) in [4.78, 5) is 4.90. The van der Waals surface area contributed by atoms with Crippen LogP contribution < -0.4 is 10.5 Å². The fourth-order valence-electron chi connectivity index (χ4n) is 3.20. The summed E-state index contributed by atoms with van der Waals surface area (Å²) in [6, 6.07) is 6.66. The highest BCUT2D eigenvalue weighted by Crippen LogP contribution is 2.37. The summed E-state index contributed by atoms with van der Waals surface area (Å²) >= 11 is 0. The molecule has 0 radical (unpaired) electrons. The van der Waals surface area contributed by atoms with Crippen molar-refractivity contribution >= 4 is 0 Å². The minimum Gasteiger partial charge on any atom is -0.492 e. The lowest BCUT2D eigenvalue weighted by atomic mass is 9.91. The zero-order valence-electron chi connectivity index (χ0n) is 11.8. The largest absolute Gasteiger partial charge is 0.492 e. The number of aryl methyl sites for hydroxylation is 1. The van der Waals surface area contributed by atoms with Gasteiger partial charge in [-0.25, -0.2) is 0 Å². The van der Waals surface area contributed by atoms with E-state index in [0.717, 1.165) is 31.9 Å². The Hall–Kier alpha value is -1.10. The smallest absolute Gasteiger partial charge is 0.124 e. The van der Waals surface area contributed by atoms with Gasteiger partial charge >= 0.3 is 0 Å². The third kappa shape index (κ3) is 2.36. The standard InChI is InChI=1S/C15H23N3O/c1-11-4-3-5-13-14(11)15(12(16)10-19-13)18-8-6-17(2)7-9-18/h3-5,12,15H,6-10,16H2,1-2H3. The van der Waals surface area contributed by atoms with Crippen molar-refractivity contribution in [3.8, 4) is 5.75 Å². The lowest BCUT2D eigenvalue weighted by molar-refractivity contribution is 0.0720. The van der Waals surface area contributed by atoms with Gasteiger partial charge in [0.1, 0.15) is 12.4 Å². The van der Waals surface area contributed by atoms with E-state index in [1.807, 2.05) is 0 Å². The summed E-state index contributed by atoms with van der Waals surface area (Å²) in [6.45, 7) is 7.18. The van der Waals surface area contributed by atoms with E-state index in [-0.39, 0.29) is 6.04 Å². The topological polar surface area (TPSA) is 41.7 Å². The molecule has 0 aliphatic carbocycles. The zero-order valence-corrected chi connectivity index (χ0v) is 11.8. The van der Waals surface area contributed by atoms with Gasteiger partial charge < -0.3 is 15.4 Å². The molecule has 1 fully saturated rings. The lowest BCUT2D eigenvalue weighted by Crippen LogP contribution is -2.53. The molecule has 2 heterocycles. The summed E-state index contributed by atoms with van der Waals surface area (Å²) in [6.07, 6.45) is 0. The number of hydrogen-bond acceptors (Lipinski definition) is 4. The van der Waals surface area contributed by atoms with Crippen molar-refractivity contribution in [2.45, 2.75) is 19.0 Å². The van der Waals surface area contributed by atoms with Crippen LogP contribution in [0.25, 0.3) is 0 Å². The number of fused-ring (bicyclic) bond motifs is 1. The van der Waals surface area contributed by atoms with Crippen LogP contribution in [0.2, 0.25) is 0 Å². The van der Waals surface area contributed by atoms with Gasteiger partial charge in [0, 0.05) is 31.7 Å². The van der Waals surface area contributed by atoms with Gasteiger partial charge in [0.05, 0.1) is 12.1 Å². The van der Waals surface area contributed by atoms with Crippen LogP contribution in [0.15, 0.2) is 18.2 Å². The van der Waals surface area contributed by atoms with Crippen molar-refractivity contribution in [2.24, 2.45) is 5.73 Å². The van der Waals surface area contributed by atoms with Crippen molar-refractivity contribution in [1.82, 2.24) is 9.80 Å². The third-order valence-electron chi connectivity index (χ3n) is 4.35. The van der Waals surface area contributed by atoms with Crippen molar-refractivity contribution in [2.75, 3.05) is 39.8 Å². The molecule has 3 rings (SSSR count). The first-order valence-electron chi connectivity index (χ1n) is 7.07. The Balaban J connectivity index is 1.92. The molecule has 104 valence electrons. The molecule has 1 aromatic rings. The molecule has 0 spiro atoms. The molecule has 4 heteroatoms. The summed E-state index contributed by atoms with van der Waals surface area (Å²) in [5, 5.41) is 0. The van der Waals surface area contributed by atoms with E-state index in [4.69, 9.17) is 10.5 Å². The van der Waals surface area contributed by atoms with Gasteiger partial charge in [-0.2, -0.15) is 0 Å². The molecule has 2 atom stereocenters. The summed E-state index contributed by atoms with van der Waals surface area (Å²) < 4.78 is 5.80. The maximum Gasteiger partial charge on any atom is 0.124 e. The van der Waals surface area contributed by atoms with E-state index in [0.29, 0.717) is 12.6 Å². The second kappa shape index (κ2) is 5.12. The first-order valence-corrected chi connectivity index (χ1v) is 7.07. The lowest BCUT2D eigenvalue weighted by Gasteiger charge is -2.43. The van der Waals surface area contributed by atoms with E-state index in [2.05, 4.69) is 42.0 Å². The van der Waals surface area contributed by atoms with E-state index in [1.165, 1.54) is 11.1 Å². The molecule has 2 N–H and O–H groups in total. The average molecular weight is 261 g/mol. The molecule has 1 aromatic carbocycles. The van der Waals surface area contributed by atoms with Gasteiger partial charge in [-0.3, -0.25) is 4.90 Å². The Kier molecular flexibility index (Phi) is 3.48. The Morgan fingerprint density at radius 3 is 2.68 bits per heavy atom. The third-order valence-corrected chi connectivity index (χ3v) is 4.35. The summed E-state index contributed by atoms with van der Waals surface area (Å²) in [5.41, 5.74) is 8.93. The highest BCUT2D eigenvalue weighted by Gasteiger charge is 2.35. The first kappa shape index (κ1) is 12.9. The SMILES string of the molecule is Cc1cccc2c1C(N1CCN(C)CC1)C(N)CO2. The molecule has 1 saturated heterocycles. The molecule has 0 amide bonds. The molecule has 0 saturated carbocycles. The predicted molar refractivity (Wildman–Crippen MR) is 76.5 cm³/mol. The Labute approximate surface area is 115 Å². The molecule has 4 nitrogen and oxygen atoms in total. The minimum atomic E-state index is 0.0667. The highest BCUT2D eigenvalue weighted by molar-refractivity contribution is 5.44. The van der Waals surface area contributed by atoms with Gasteiger partial charge in [-0.05, 0) is 25.6 Å². The van der Waals surface area contributed by atoms with Crippen LogP contribution in [0.5, 0.6) is 5.75 Å². The number of benzene rings is 1. The number of rotatable bonds is 1. The Morgan fingerprint density at radius 2 is 1.95 bits per heavy atom. The number of hydrogen-bond donors (Lipinski definition) is 1. The molecule has 0 bridgehead atoms. The van der Waals surface area contributed by atoms with Crippen LogP contribution in [0.3, 0.4) is 0 Å². The number of piperazine rings is 1. The van der Waals surface area contributed by atoms with E-state index >= 15 is 0 Å². The van der Waals surface area contributed by atoms with Gasteiger partial charge in [0.15, 0.2) is 0 Å². The quantitative estimate of drug-likeness (QED) is 0.819. The van der Waals surface area contributed by atoms with Gasteiger partial charge in [0.2, 0.25) is 0 Å². The van der Waals surface area contributed by atoms with Crippen LogP contribution in [-0.4, -0.2) is 55.7 Å². The average Bonchev–Trinajstić information content (AvgIpc) is 2.41. The molecule has 2 unspecified atom stereocenters. The molecular formula is C15H23N3O. The molecular weight excluding hydrogens is 238 g/mol. The van der Waals surface area contributed by atoms with Crippen molar-refractivity contribution in [3.05, 3.63) is 29.3 Å². The van der Waals surface area contributed by atoms with E-state index in [9.17, 15) is 0 Å². The number of likely N-dealkylation sites (N-methyl/N-ethyl adjacent to an activating group) is 1. The number of nitrogens with zero attached hydrogens (tertiary/aromatic N) is 2. The molecule has 2 aliphatic rings. The second-order valence-electron chi connectivity index (χ2n) is 5.75. The van der Waals surface area contributed by atoms with Crippen LogP contribution in [0.1, 0.15) is 17.2 Å². The van der Waals surface area contributed by atoms with Crippen molar-refractivity contribution < 1.29 is 4.74 Å². The van der Waals surface area contributed by atoms with Crippen molar-refractivity contribution in [1.29, 1.82) is 0 Å². The van der Waals surface area contributed by atoms with E-state index < -0.39 is 0 Å². The highest BCUT2D eigenvalue weighted by atomic mass is 16.5. The van der Waals surface area contributed by atoms with Crippen LogP contribution in [-0.2, 0) is 0 Å². The van der Waals surface area contributed by atoms with Gasteiger partial charge in [-0.1, -0.05) is 12.1 Å². The fraction of sp³-hybridized carbons (Fsp3) is 0.600. The molecule has 2 aliphatic heterocycles. The maximum atomic E-state index is 6.35. The fourth-order valence-corrected chi connectivity index (χ4v) is 3.20. The van der Waals surface area contributed by atoms with Crippen LogP contribution in [0.4, 0.5) is 0 Å². The number of nitrogens with two attached hydrogens (primary N) is 1. The van der Waals surface area contributed by atoms with Gasteiger partial charge in [-0.15, -0.1) is 0 Å². The maximum absolute atomic E-state index is 6.35. The van der Waals surface area contributed by atoms with Crippen molar-refractivity contribution in [3.63, 3.8) is 0 Å². The zero-order chi connectivity index (χ0) is 13.4. The monoisotopic (exact) mass is 261 g/mol. The molecule has 19 heavy (non-hydrogen) atoms. The number of ether oxygens (including phenoxy) is 1. The van der Waals surface area contributed by atoms with Gasteiger partial charge in [0.25, 0.3) is 0 Å².